The highest BCUT2D eigenvalue weighted by Crippen LogP contribution is 2.34. The van der Waals surface area contributed by atoms with Gasteiger partial charge in [0.2, 0.25) is 0 Å². The second-order valence-corrected chi connectivity index (χ2v) is 8.67. The zero-order valence-electron chi connectivity index (χ0n) is 16.2. The summed E-state index contributed by atoms with van der Waals surface area (Å²) in [5, 5.41) is 9.80. The minimum absolute atomic E-state index is 0.0148. The minimum atomic E-state index is -4.10. The van der Waals surface area contributed by atoms with Crippen LogP contribution in [0.4, 0.5) is 5.69 Å². The third-order valence-corrected chi connectivity index (χ3v) is 6.35. The Labute approximate surface area is 180 Å². The summed E-state index contributed by atoms with van der Waals surface area (Å²) in [7, 11) is -4.10. The number of para-hydroxylation sites is 2. The molecular formula is C22H20ClNO5S. The molecule has 0 saturated carbocycles. The average Bonchev–Trinajstić information content (AvgIpc) is 2.74. The van der Waals surface area contributed by atoms with Crippen molar-refractivity contribution < 1.29 is 23.1 Å². The van der Waals surface area contributed by atoms with Crippen LogP contribution < -0.4 is 9.04 Å². The van der Waals surface area contributed by atoms with Gasteiger partial charge in [0.25, 0.3) is 10.0 Å². The maximum Gasteiger partial charge on any atom is 0.335 e. The molecule has 0 atom stereocenters. The number of carbonyl (C=O) groups is 1. The lowest BCUT2D eigenvalue weighted by Gasteiger charge is -2.26. The van der Waals surface area contributed by atoms with E-state index in [4.69, 9.17) is 16.3 Å². The lowest BCUT2D eigenvalue weighted by Crippen LogP contribution is -2.31. The van der Waals surface area contributed by atoms with Crippen molar-refractivity contribution in [3.05, 3.63) is 88.9 Å². The summed E-state index contributed by atoms with van der Waals surface area (Å²) in [6.45, 7) is 2.19. The van der Waals surface area contributed by atoms with Gasteiger partial charge in [-0.25, -0.2) is 13.2 Å². The number of aromatic carboxylic acids is 1. The van der Waals surface area contributed by atoms with Gasteiger partial charge in [-0.15, -0.1) is 0 Å². The van der Waals surface area contributed by atoms with E-state index in [1.165, 1.54) is 22.5 Å². The lowest BCUT2D eigenvalue weighted by atomic mass is 10.2. The molecule has 0 amide bonds. The van der Waals surface area contributed by atoms with Gasteiger partial charge in [-0.3, -0.25) is 4.31 Å². The molecule has 8 heteroatoms. The fourth-order valence-corrected chi connectivity index (χ4v) is 4.55. The molecule has 0 heterocycles. The molecule has 6 nitrogen and oxygen atoms in total. The number of carboxylic acids is 1. The molecule has 0 fully saturated rings. The van der Waals surface area contributed by atoms with Gasteiger partial charge in [-0.2, -0.15) is 0 Å². The van der Waals surface area contributed by atoms with Crippen LogP contribution in [-0.4, -0.2) is 26.1 Å². The maximum absolute atomic E-state index is 13.6. The molecule has 30 heavy (non-hydrogen) atoms. The fourth-order valence-electron chi connectivity index (χ4n) is 2.91. The second-order valence-electron chi connectivity index (χ2n) is 6.37. The highest BCUT2D eigenvalue weighted by Gasteiger charge is 2.28. The van der Waals surface area contributed by atoms with E-state index >= 15 is 0 Å². The van der Waals surface area contributed by atoms with Crippen LogP contribution >= 0.6 is 11.6 Å². The first-order valence-electron chi connectivity index (χ1n) is 9.15. The third kappa shape index (κ3) is 4.75. The number of halogens is 1. The Kier molecular flexibility index (Phi) is 6.64. The van der Waals surface area contributed by atoms with Crippen molar-refractivity contribution in [2.24, 2.45) is 0 Å². The van der Waals surface area contributed by atoms with E-state index < -0.39 is 16.0 Å². The average molecular weight is 446 g/mol. The first-order valence-corrected chi connectivity index (χ1v) is 11.0. The van der Waals surface area contributed by atoms with Gasteiger partial charge in [-0.05, 0) is 55.0 Å². The third-order valence-electron chi connectivity index (χ3n) is 4.34. The molecule has 3 rings (SSSR count). The largest absolute Gasteiger partial charge is 0.492 e. The summed E-state index contributed by atoms with van der Waals surface area (Å²) < 4.78 is 34.0. The number of rotatable bonds is 8. The zero-order valence-corrected chi connectivity index (χ0v) is 17.7. The molecule has 0 saturated heterocycles. The van der Waals surface area contributed by atoms with Crippen LogP contribution in [0, 0.1) is 0 Å². The summed E-state index contributed by atoms with van der Waals surface area (Å²) >= 11 is 5.96. The Hall–Kier alpha value is -3.03. The van der Waals surface area contributed by atoms with Gasteiger partial charge in [0.1, 0.15) is 5.75 Å². The van der Waals surface area contributed by atoms with Crippen LogP contribution in [0.2, 0.25) is 5.02 Å². The van der Waals surface area contributed by atoms with Gasteiger partial charge < -0.3 is 9.84 Å². The predicted octanol–water partition coefficient (Wildman–Crippen LogP) is 4.83. The molecule has 0 aromatic heterocycles. The molecule has 0 aliphatic rings. The molecule has 0 bridgehead atoms. The van der Waals surface area contributed by atoms with Crippen LogP contribution in [-0.2, 0) is 16.6 Å². The van der Waals surface area contributed by atoms with E-state index in [-0.39, 0.29) is 17.0 Å². The van der Waals surface area contributed by atoms with Gasteiger partial charge in [0.05, 0.1) is 29.3 Å². The SMILES string of the molecule is CCOc1ccccc1N(Cc1ccc(Cl)cc1)S(=O)(=O)c1cccc(C(=O)O)c1. The Morgan fingerprint density at radius 2 is 1.73 bits per heavy atom. The topological polar surface area (TPSA) is 83.9 Å². The summed E-state index contributed by atoms with van der Waals surface area (Å²) in [5.41, 5.74) is 0.958. The zero-order chi connectivity index (χ0) is 21.7. The first kappa shape index (κ1) is 21.7. The Bertz CT molecular complexity index is 1150. The Morgan fingerprint density at radius 1 is 1.03 bits per heavy atom. The summed E-state index contributed by atoms with van der Waals surface area (Å²) in [5.74, 6) is -0.794. The number of nitrogens with zero attached hydrogens (tertiary/aromatic N) is 1. The summed E-state index contributed by atoms with van der Waals surface area (Å²) in [6, 6.07) is 18.9. The van der Waals surface area contributed by atoms with Crippen LogP contribution in [0.15, 0.2) is 77.7 Å². The maximum atomic E-state index is 13.6. The summed E-state index contributed by atoms with van der Waals surface area (Å²) in [6.07, 6.45) is 0. The molecular weight excluding hydrogens is 426 g/mol. The van der Waals surface area contributed by atoms with E-state index in [2.05, 4.69) is 0 Å². The highest BCUT2D eigenvalue weighted by atomic mass is 35.5. The van der Waals surface area contributed by atoms with Crippen molar-refractivity contribution in [1.82, 2.24) is 0 Å². The molecule has 0 aliphatic carbocycles. The summed E-state index contributed by atoms with van der Waals surface area (Å²) in [4.78, 5) is 11.2. The van der Waals surface area contributed by atoms with Gasteiger partial charge in [0.15, 0.2) is 0 Å². The van der Waals surface area contributed by atoms with Crippen molar-refractivity contribution in [3.63, 3.8) is 0 Å². The number of anilines is 1. The molecule has 0 radical (unpaired) electrons. The molecule has 1 N–H and O–H groups in total. The number of carboxylic acid groups (broad SMARTS) is 1. The van der Waals surface area contributed by atoms with E-state index in [1.54, 1.807) is 48.5 Å². The van der Waals surface area contributed by atoms with Gasteiger partial charge in [-0.1, -0.05) is 41.9 Å². The number of hydrogen-bond donors (Lipinski definition) is 1. The van der Waals surface area contributed by atoms with Crippen molar-refractivity contribution in [3.8, 4) is 5.75 Å². The van der Waals surface area contributed by atoms with Crippen LogP contribution in [0.5, 0.6) is 5.75 Å². The van der Waals surface area contributed by atoms with Gasteiger partial charge in [0, 0.05) is 5.02 Å². The van der Waals surface area contributed by atoms with E-state index in [9.17, 15) is 18.3 Å². The molecule has 156 valence electrons. The molecule has 0 aliphatic heterocycles. The number of ether oxygens (including phenoxy) is 1. The van der Waals surface area contributed by atoms with Crippen LogP contribution in [0.3, 0.4) is 0 Å². The Morgan fingerprint density at radius 3 is 2.40 bits per heavy atom. The molecule has 3 aromatic carbocycles. The lowest BCUT2D eigenvalue weighted by molar-refractivity contribution is 0.0696. The fraction of sp³-hybridized carbons (Fsp3) is 0.136. The molecule has 3 aromatic rings. The number of sulfonamides is 1. The Balaban J connectivity index is 2.14. The van der Waals surface area contributed by atoms with Crippen molar-refractivity contribution in [2.45, 2.75) is 18.4 Å². The van der Waals surface area contributed by atoms with Crippen molar-refractivity contribution >= 4 is 33.3 Å². The van der Waals surface area contributed by atoms with Gasteiger partial charge >= 0.3 is 5.97 Å². The predicted molar refractivity (Wildman–Crippen MR) is 116 cm³/mol. The highest BCUT2D eigenvalue weighted by molar-refractivity contribution is 7.92. The van der Waals surface area contributed by atoms with E-state index in [0.717, 1.165) is 6.07 Å². The minimum Gasteiger partial charge on any atom is -0.492 e. The smallest absolute Gasteiger partial charge is 0.335 e. The molecule has 0 spiro atoms. The monoisotopic (exact) mass is 445 g/mol. The normalized spacial score (nSPS) is 11.1. The van der Waals surface area contributed by atoms with Crippen LogP contribution in [0.25, 0.3) is 0 Å². The van der Waals surface area contributed by atoms with Crippen molar-refractivity contribution in [1.29, 1.82) is 0 Å². The number of benzene rings is 3. The standard InChI is InChI=1S/C22H20ClNO5S/c1-2-29-21-9-4-3-8-20(21)24(15-16-10-12-18(23)13-11-16)30(27,28)19-7-5-6-17(14-19)22(25)26/h3-14H,2,15H2,1H3,(H,25,26). The molecule has 0 unspecified atom stereocenters. The number of hydrogen-bond acceptors (Lipinski definition) is 4. The van der Waals surface area contributed by atoms with E-state index in [0.29, 0.717) is 28.6 Å². The first-order chi connectivity index (χ1) is 14.3. The van der Waals surface area contributed by atoms with E-state index in [1.807, 2.05) is 6.92 Å². The quantitative estimate of drug-likeness (QED) is 0.536. The van der Waals surface area contributed by atoms with Crippen LogP contribution in [0.1, 0.15) is 22.8 Å². The van der Waals surface area contributed by atoms with Crippen molar-refractivity contribution in [2.75, 3.05) is 10.9 Å². The second kappa shape index (κ2) is 9.19.